The molecule has 0 radical (unpaired) electrons. The van der Waals surface area contributed by atoms with Gasteiger partial charge in [0.05, 0.1) is 24.7 Å². The van der Waals surface area contributed by atoms with Crippen molar-refractivity contribution >= 4 is 52.9 Å². The van der Waals surface area contributed by atoms with E-state index in [4.69, 9.17) is 22.9 Å². The molecule has 0 unspecified atom stereocenters. The Morgan fingerprint density at radius 2 is 1.21 bits per heavy atom. The number of nitrogens with one attached hydrogen (secondary N) is 7. The zero-order chi connectivity index (χ0) is 53.6. The number of hydrogen-bond donors (Lipinski definition) is 13. The van der Waals surface area contributed by atoms with E-state index in [1.807, 2.05) is 13.8 Å². The normalized spacial score (nSPS) is 23.4. The number of aliphatic hydroxyl groups excluding tert-OH is 2. The maximum Gasteiger partial charge on any atom is 0.243 e. The van der Waals surface area contributed by atoms with Gasteiger partial charge < -0.3 is 70.4 Å². The predicted octanol–water partition coefficient (Wildman–Crippen LogP) is -1.65. The molecule has 1 fully saturated rings. The van der Waals surface area contributed by atoms with Gasteiger partial charge in [0, 0.05) is 38.1 Å². The molecule has 1 saturated heterocycles. The number of hydrogen-bond acceptors (Lipinski definition) is 15. The lowest BCUT2D eigenvalue weighted by Gasteiger charge is -2.28. The highest BCUT2D eigenvalue weighted by Gasteiger charge is 2.35. The van der Waals surface area contributed by atoms with Crippen LogP contribution in [0.5, 0.6) is 0 Å². The quantitative estimate of drug-likeness (QED) is 0.0489. The van der Waals surface area contributed by atoms with E-state index in [1.165, 1.54) is 0 Å². The third-order valence-electron chi connectivity index (χ3n) is 12.5. The summed E-state index contributed by atoms with van der Waals surface area (Å²) in [6.07, 6.45) is 2.86. The van der Waals surface area contributed by atoms with Crippen molar-refractivity contribution in [3.8, 4) is 0 Å². The first kappa shape index (κ1) is 62.7. The van der Waals surface area contributed by atoms with Crippen LogP contribution in [0.4, 0.5) is 0 Å². The van der Waals surface area contributed by atoms with Gasteiger partial charge in [-0.1, -0.05) is 83.2 Å². The first-order valence-electron chi connectivity index (χ1n) is 25.7. The fourth-order valence-corrected chi connectivity index (χ4v) is 8.38. The van der Waals surface area contributed by atoms with Gasteiger partial charge in [-0.2, -0.15) is 0 Å². The summed E-state index contributed by atoms with van der Waals surface area (Å²) in [5, 5.41) is 39.4. The van der Waals surface area contributed by atoms with Gasteiger partial charge >= 0.3 is 0 Å². The zero-order valence-corrected chi connectivity index (χ0v) is 42.6. The fraction of sp³-hybridized carbons (Fsp3) is 0.700. The lowest BCUT2D eigenvalue weighted by molar-refractivity contribution is -0.136. The summed E-state index contributed by atoms with van der Waals surface area (Å²) in [6, 6.07) is 0.785. The minimum atomic E-state index is -1.46. The van der Waals surface area contributed by atoms with E-state index in [1.54, 1.807) is 30.3 Å². The number of nitrogens with two attached hydrogens (primary N) is 4. The number of rotatable bonds is 25. The first-order valence-corrected chi connectivity index (χ1v) is 25.7. The van der Waals surface area contributed by atoms with Crippen LogP contribution in [0.2, 0.25) is 0 Å². The maximum absolute atomic E-state index is 14.3. The van der Waals surface area contributed by atoms with Crippen LogP contribution in [0, 0.1) is 17.8 Å². The summed E-state index contributed by atoms with van der Waals surface area (Å²) < 4.78 is 0. The lowest BCUT2D eigenvalue weighted by Crippen LogP contribution is -2.60. The second kappa shape index (κ2) is 34.9. The van der Waals surface area contributed by atoms with E-state index >= 15 is 0 Å². The number of benzene rings is 1. The maximum atomic E-state index is 14.3. The monoisotopic (exact) mass is 1020 g/mol. The Bertz CT molecular complexity index is 1870. The Morgan fingerprint density at radius 3 is 1.79 bits per heavy atom. The van der Waals surface area contributed by atoms with Crippen LogP contribution in [0.3, 0.4) is 0 Å². The van der Waals surface area contributed by atoms with Crippen molar-refractivity contribution in [2.75, 3.05) is 39.3 Å². The molecule has 0 aromatic heterocycles. The number of amides is 7. The van der Waals surface area contributed by atoms with Gasteiger partial charge in [-0.05, 0) is 82.6 Å². The van der Waals surface area contributed by atoms with E-state index in [2.05, 4.69) is 44.1 Å². The average molecular weight is 1020 g/mol. The van der Waals surface area contributed by atoms with Crippen LogP contribution in [0.25, 0.3) is 0 Å². The molecule has 1 aromatic rings. The molecule has 0 saturated carbocycles. The van der Waals surface area contributed by atoms with E-state index in [-0.39, 0.29) is 102 Å². The Labute approximate surface area is 424 Å². The topological polar surface area (TPSA) is 382 Å². The molecular formula is C50H85N11O11. The zero-order valence-electron chi connectivity index (χ0n) is 42.6. The highest BCUT2D eigenvalue weighted by molar-refractivity contribution is 5.98. The predicted molar refractivity (Wildman–Crippen MR) is 271 cm³/mol. The van der Waals surface area contributed by atoms with Crippen molar-refractivity contribution in [2.45, 2.75) is 166 Å². The summed E-state index contributed by atoms with van der Waals surface area (Å²) in [6.45, 7) is 4.39. The molecule has 72 heavy (non-hydrogen) atoms. The largest absolute Gasteiger partial charge is 0.396 e. The molecule has 1 heterocycles. The molecule has 7 amide bonds. The molecule has 17 N–H and O–H groups in total. The SMILES string of the molecule is CCCCCCC[C@@H](O)CC(=O)C[C@H](CCN)C(=O)N[C@H]1CCNC(=O)[C@H](CO)CC(=O)[C@H](CCN)NC(=O)[C@H](CCN)NC(=O)[C@H](CC(C)C)NC(=O)[C@@H](Cc2ccccc2)NC(=O)[C@H](CCN)NC1=O. The number of Topliss-reactive ketones (excluding diaryl/α,β-unsaturated/α-hetero) is 2. The highest BCUT2D eigenvalue weighted by Crippen LogP contribution is 2.17. The van der Waals surface area contributed by atoms with Gasteiger partial charge in [0.25, 0.3) is 0 Å². The Morgan fingerprint density at radius 1 is 0.667 bits per heavy atom. The van der Waals surface area contributed by atoms with E-state index in [0.29, 0.717) is 12.0 Å². The summed E-state index contributed by atoms with van der Waals surface area (Å²) >= 11 is 0. The molecule has 1 aliphatic rings. The minimum Gasteiger partial charge on any atom is -0.396 e. The number of unbranched alkanes of at least 4 members (excludes halogenated alkanes) is 4. The van der Waals surface area contributed by atoms with Crippen LogP contribution in [-0.4, -0.2) is 145 Å². The summed E-state index contributed by atoms with van der Waals surface area (Å²) in [5.74, 6) is -9.08. The molecule has 22 nitrogen and oxygen atoms in total. The fourth-order valence-electron chi connectivity index (χ4n) is 8.38. The van der Waals surface area contributed by atoms with Gasteiger partial charge in [0.2, 0.25) is 41.4 Å². The van der Waals surface area contributed by atoms with Crippen molar-refractivity contribution in [1.29, 1.82) is 0 Å². The third-order valence-corrected chi connectivity index (χ3v) is 12.5. The molecule has 0 spiro atoms. The molecule has 406 valence electrons. The van der Waals surface area contributed by atoms with Crippen LogP contribution in [0.15, 0.2) is 30.3 Å². The van der Waals surface area contributed by atoms with Gasteiger partial charge in [-0.15, -0.1) is 0 Å². The van der Waals surface area contributed by atoms with Crippen molar-refractivity contribution in [3.63, 3.8) is 0 Å². The number of aliphatic hydroxyl groups is 2. The minimum absolute atomic E-state index is 0.00297. The molecule has 0 aliphatic carbocycles. The molecule has 22 heteroatoms. The van der Waals surface area contributed by atoms with E-state index in [9.17, 15) is 53.4 Å². The Hall–Kier alpha value is -5.39. The smallest absolute Gasteiger partial charge is 0.243 e. The molecule has 1 aliphatic heterocycles. The van der Waals surface area contributed by atoms with Gasteiger partial charge in [-0.25, -0.2) is 0 Å². The van der Waals surface area contributed by atoms with Gasteiger partial charge in [0.15, 0.2) is 5.78 Å². The standard InChI is InChI=1S/C50H85N11O11/c1-4-5-6-7-11-14-35(63)29-36(64)27-33(15-20-51)45(67)57-40-19-24-55-44(66)34(30-62)28-43(65)37(16-21-52)56-46(68)38(17-22-53)59-49(71)41(25-31(2)3)60-50(72)42(26-32-12-9-8-10-13-32)61-47(69)39(18-23-54)58-48(40)70/h8-10,12-13,31,33-35,37-42,62-63H,4-7,11,14-30,51-54H2,1-3H3,(H,55,66)(H,56,68)(H,57,67)(H,58,70)(H,59,71)(H,60,72)(H,61,69)/t33-,34-,35+,37-,38-,39-,40-,41-,42+/m0/s1. The lowest BCUT2D eigenvalue weighted by atomic mass is 9.93. The summed E-state index contributed by atoms with van der Waals surface area (Å²) in [4.78, 5) is 125. The Balaban J connectivity index is 2.63. The van der Waals surface area contributed by atoms with Gasteiger partial charge in [0.1, 0.15) is 36.0 Å². The van der Waals surface area contributed by atoms with Crippen LogP contribution >= 0.6 is 0 Å². The second-order valence-corrected chi connectivity index (χ2v) is 19.1. The highest BCUT2D eigenvalue weighted by atomic mass is 16.3. The van der Waals surface area contributed by atoms with Crippen molar-refractivity contribution in [2.24, 2.45) is 40.7 Å². The number of carbonyl (C=O) groups is 9. The van der Waals surface area contributed by atoms with Crippen LogP contribution < -0.4 is 60.2 Å². The second-order valence-electron chi connectivity index (χ2n) is 19.1. The molecule has 9 atom stereocenters. The molecule has 0 bridgehead atoms. The van der Waals surface area contributed by atoms with Crippen molar-refractivity contribution in [1.82, 2.24) is 37.2 Å². The van der Waals surface area contributed by atoms with E-state index < -0.39 is 114 Å². The van der Waals surface area contributed by atoms with Crippen LogP contribution in [0.1, 0.15) is 123 Å². The van der Waals surface area contributed by atoms with Crippen LogP contribution in [-0.2, 0) is 49.6 Å². The first-order chi connectivity index (χ1) is 34.4. The molecular weight excluding hydrogens is 931 g/mol. The summed E-state index contributed by atoms with van der Waals surface area (Å²) in [5.41, 5.74) is 24.1. The van der Waals surface area contributed by atoms with Crippen molar-refractivity contribution < 1.29 is 53.4 Å². The summed E-state index contributed by atoms with van der Waals surface area (Å²) in [7, 11) is 0. The van der Waals surface area contributed by atoms with Crippen molar-refractivity contribution in [3.05, 3.63) is 35.9 Å². The average Bonchev–Trinajstić information content (AvgIpc) is 3.33. The number of carbonyl (C=O) groups excluding carboxylic acids is 9. The van der Waals surface area contributed by atoms with E-state index in [0.717, 1.165) is 32.1 Å². The third kappa shape index (κ3) is 23.4. The molecule has 2 rings (SSSR count). The molecule has 1 aromatic carbocycles. The number of ketones is 2. The van der Waals surface area contributed by atoms with Gasteiger partial charge in [-0.3, -0.25) is 43.2 Å². The Kier molecular flexibility index (Phi) is 30.4.